The number of hydrogen-bond acceptors (Lipinski definition) is 4. The lowest BCUT2D eigenvalue weighted by Crippen LogP contribution is -1.95. The first kappa shape index (κ1) is 24.0. The van der Waals surface area contributed by atoms with Gasteiger partial charge in [-0.05, 0) is 62.1 Å². The molecule has 3 aromatic heterocycles. The molecule has 0 atom stereocenters. The molecule has 4 nitrogen and oxygen atoms in total. The first-order valence-electron chi connectivity index (χ1n) is 12.5. The lowest BCUT2D eigenvalue weighted by atomic mass is 10.1. The molecule has 0 amide bonds. The van der Waals surface area contributed by atoms with Crippen molar-refractivity contribution in [1.29, 1.82) is 0 Å². The van der Waals surface area contributed by atoms with E-state index in [-0.39, 0.29) is 0 Å². The van der Waals surface area contributed by atoms with Gasteiger partial charge in [0, 0.05) is 34.9 Å². The number of aryl methyl sites for hydroxylation is 2. The molecule has 0 aliphatic rings. The van der Waals surface area contributed by atoms with Crippen molar-refractivity contribution in [3.8, 4) is 22.5 Å². The zero-order valence-corrected chi connectivity index (χ0v) is 19.9. The SMILES string of the molecule is CCCCCCCc1ccc(-c2ccc(-c3ccc(CCCCCCC)nc3)nn2)cn1. The zero-order chi connectivity index (χ0) is 22.4. The Morgan fingerprint density at radius 3 is 1.28 bits per heavy atom. The molecule has 0 bridgehead atoms. The molecule has 0 aromatic carbocycles. The molecule has 3 rings (SSSR count). The van der Waals surface area contributed by atoms with Gasteiger partial charge in [0.1, 0.15) is 0 Å². The summed E-state index contributed by atoms with van der Waals surface area (Å²) in [6.45, 7) is 4.50. The van der Waals surface area contributed by atoms with Gasteiger partial charge in [0.05, 0.1) is 11.4 Å². The van der Waals surface area contributed by atoms with E-state index in [0.29, 0.717) is 0 Å². The van der Waals surface area contributed by atoms with Crippen LogP contribution in [0.2, 0.25) is 0 Å². The van der Waals surface area contributed by atoms with Crippen LogP contribution in [0.25, 0.3) is 22.5 Å². The fraction of sp³-hybridized carbons (Fsp3) is 0.500. The second kappa shape index (κ2) is 13.7. The van der Waals surface area contributed by atoms with Crippen molar-refractivity contribution in [2.45, 2.75) is 90.9 Å². The summed E-state index contributed by atoms with van der Waals surface area (Å²) in [5.41, 5.74) is 6.04. The van der Waals surface area contributed by atoms with Crippen molar-refractivity contribution in [3.63, 3.8) is 0 Å². The molecule has 0 unspecified atom stereocenters. The molecule has 0 saturated carbocycles. The molecule has 4 heteroatoms. The topological polar surface area (TPSA) is 51.6 Å². The third kappa shape index (κ3) is 7.81. The summed E-state index contributed by atoms with van der Waals surface area (Å²) in [5.74, 6) is 0. The average Bonchev–Trinajstić information content (AvgIpc) is 2.85. The fourth-order valence-electron chi connectivity index (χ4n) is 3.91. The van der Waals surface area contributed by atoms with E-state index in [1.807, 2.05) is 24.5 Å². The minimum Gasteiger partial charge on any atom is -0.261 e. The van der Waals surface area contributed by atoms with Crippen LogP contribution in [0.5, 0.6) is 0 Å². The van der Waals surface area contributed by atoms with E-state index in [9.17, 15) is 0 Å². The van der Waals surface area contributed by atoms with Crippen LogP contribution in [0, 0.1) is 0 Å². The summed E-state index contributed by atoms with van der Waals surface area (Å²) in [7, 11) is 0. The molecule has 0 N–H and O–H groups in total. The van der Waals surface area contributed by atoms with Gasteiger partial charge in [0.15, 0.2) is 0 Å². The van der Waals surface area contributed by atoms with Crippen molar-refractivity contribution in [3.05, 3.63) is 60.2 Å². The van der Waals surface area contributed by atoms with Crippen LogP contribution < -0.4 is 0 Å². The van der Waals surface area contributed by atoms with Gasteiger partial charge in [-0.3, -0.25) is 9.97 Å². The maximum atomic E-state index is 4.63. The second-order valence-corrected chi connectivity index (χ2v) is 8.71. The van der Waals surface area contributed by atoms with Gasteiger partial charge in [0.2, 0.25) is 0 Å². The third-order valence-electron chi connectivity index (χ3n) is 5.98. The van der Waals surface area contributed by atoms with Crippen LogP contribution in [0.3, 0.4) is 0 Å². The Labute approximate surface area is 194 Å². The van der Waals surface area contributed by atoms with E-state index >= 15 is 0 Å². The highest BCUT2D eigenvalue weighted by atomic mass is 15.1. The molecule has 0 aliphatic heterocycles. The lowest BCUT2D eigenvalue weighted by molar-refractivity contribution is 0.628. The minimum atomic E-state index is 0.854. The van der Waals surface area contributed by atoms with Crippen LogP contribution >= 0.6 is 0 Å². The van der Waals surface area contributed by atoms with Gasteiger partial charge in [-0.25, -0.2) is 0 Å². The van der Waals surface area contributed by atoms with Gasteiger partial charge >= 0.3 is 0 Å². The molecular formula is C28H38N4. The van der Waals surface area contributed by atoms with Gasteiger partial charge in [-0.15, -0.1) is 10.2 Å². The van der Waals surface area contributed by atoms with E-state index in [4.69, 9.17) is 0 Å². The molecule has 32 heavy (non-hydrogen) atoms. The molecule has 170 valence electrons. The largest absolute Gasteiger partial charge is 0.261 e. The third-order valence-corrected chi connectivity index (χ3v) is 5.98. The number of nitrogens with zero attached hydrogens (tertiary/aromatic N) is 4. The maximum Gasteiger partial charge on any atom is 0.0945 e. The molecule has 0 radical (unpaired) electrons. The summed E-state index contributed by atoms with van der Waals surface area (Å²) in [4.78, 5) is 9.25. The van der Waals surface area contributed by atoms with Gasteiger partial charge in [0.25, 0.3) is 0 Å². The van der Waals surface area contributed by atoms with Crippen LogP contribution in [0.1, 0.15) is 89.4 Å². The summed E-state index contributed by atoms with van der Waals surface area (Å²) >= 11 is 0. The second-order valence-electron chi connectivity index (χ2n) is 8.71. The smallest absolute Gasteiger partial charge is 0.0945 e. The highest BCUT2D eigenvalue weighted by molar-refractivity contribution is 5.62. The maximum absolute atomic E-state index is 4.63. The summed E-state index contributed by atoms with van der Waals surface area (Å²) in [6.07, 6.45) is 18.8. The van der Waals surface area contributed by atoms with Crippen molar-refractivity contribution in [2.24, 2.45) is 0 Å². The Bertz CT molecular complexity index is 810. The number of unbranched alkanes of at least 4 members (excludes halogenated alkanes) is 8. The molecule has 0 aliphatic carbocycles. The lowest BCUT2D eigenvalue weighted by Gasteiger charge is -2.05. The monoisotopic (exact) mass is 430 g/mol. The van der Waals surface area contributed by atoms with Gasteiger partial charge in [-0.2, -0.15) is 0 Å². The Morgan fingerprint density at radius 1 is 0.500 bits per heavy atom. The van der Waals surface area contributed by atoms with Crippen LogP contribution in [-0.4, -0.2) is 20.2 Å². The standard InChI is InChI=1S/C28H38N4/c1-3-5-7-9-11-13-25-17-15-23(21-29-25)27-19-20-28(32-31-27)24-16-18-26(30-22-24)14-12-10-8-6-4-2/h15-22H,3-14H2,1-2H3. The molecule has 0 saturated heterocycles. The number of pyridine rings is 2. The van der Waals surface area contributed by atoms with Crippen LogP contribution in [-0.2, 0) is 12.8 Å². The van der Waals surface area contributed by atoms with Crippen molar-refractivity contribution >= 4 is 0 Å². The predicted molar refractivity (Wildman–Crippen MR) is 133 cm³/mol. The van der Waals surface area contributed by atoms with E-state index in [2.05, 4.69) is 58.3 Å². The van der Waals surface area contributed by atoms with E-state index in [1.165, 1.54) is 64.2 Å². The van der Waals surface area contributed by atoms with E-state index < -0.39 is 0 Å². The van der Waals surface area contributed by atoms with Crippen LogP contribution in [0.15, 0.2) is 48.8 Å². The Morgan fingerprint density at radius 2 is 0.938 bits per heavy atom. The molecule has 0 spiro atoms. The van der Waals surface area contributed by atoms with Crippen molar-refractivity contribution in [1.82, 2.24) is 20.2 Å². The van der Waals surface area contributed by atoms with E-state index in [1.54, 1.807) is 0 Å². The molecule has 0 fully saturated rings. The Balaban J connectivity index is 1.51. The van der Waals surface area contributed by atoms with Crippen LogP contribution in [0.4, 0.5) is 0 Å². The number of aromatic nitrogens is 4. The molecular weight excluding hydrogens is 392 g/mol. The number of rotatable bonds is 14. The molecule has 3 heterocycles. The number of hydrogen-bond donors (Lipinski definition) is 0. The Kier molecular flexibility index (Phi) is 10.3. The molecule has 3 aromatic rings. The highest BCUT2D eigenvalue weighted by Gasteiger charge is 2.06. The first-order chi connectivity index (χ1) is 15.8. The normalized spacial score (nSPS) is 11.1. The predicted octanol–water partition coefficient (Wildman–Crippen LogP) is 7.63. The van der Waals surface area contributed by atoms with Crippen molar-refractivity contribution < 1.29 is 0 Å². The fourth-order valence-corrected chi connectivity index (χ4v) is 3.91. The van der Waals surface area contributed by atoms with Gasteiger partial charge in [-0.1, -0.05) is 65.2 Å². The minimum absolute atomic E-state index is 0.854. The summed E-state index contributed by atoms with van der Waals surface area (Å²) in [6, 6.07) is 12.5. The van der Waals surface area contributed by atoms with Gasteiger partial charge < -0.3 is 0 Å². The summed E-state index contributed by atoms with van der Waals surface area (Å²) in [5, 5.41) is 8.87. The zero-order valence-electron chi connectivity index (χ0n) is 19.9. The van der Waals surface area contributed by atoms with E-state index in [0.717, 1.165) is 46.7 Å². The van der Waals surface area contributed by atoms with Crippen molar-refractivity contribution in [2.75, 3.05) is 0 Å². The average molecular weight is 431 g/mol. The highest BCUT2D eigenvalue weighted by Crippen LogP contribution is 2.21. The summed E-state index contributed by atoms with van der Waals surface area (Å²) < 4.78 is 0. The Hall–Kier alpha value is -2.62. The first-order valence-corrected chi connectivity index (χ1v) is 12.5. The quantitative estimate of drug-likeness (QED) is 0.247.